The van der Waals surface area contributed by atoms with E-state index < -0.39 is 0 Å². The average molecular weight is 527 g/mol. The van der Waals surface area contributed by atoms with Crippen LogP contribution in [0.4, 0.5) is 5.69 Å². The van der Waals surface area contributed by atoms with Crippen molar-refractivity contribution < 1.29 is 9.53 Å². The van der Waals surface area contributed by atoms with E-state index in [-0.39, 0.29) is 11.8 Å². The summed E-state index contributed by atoms with van der Waals surface area (Å²) >= 11 is 0. The lowest BCUT2D eigenvalue weighted by atomic mass is 9.95. The van der Waals surface area contributed by atoms with Gasteiger partial charge in [-0.1, -0.05) is 54.6 Å². The molecule has 39 heavy (non-hydrogen) atoms. The number of piperidine rings is 1. The number of aromatic nitrogens is 2. The van der Waals surface area contributed by atoms with E-state index in [1.54, 1.807) is 0 Å². The van der Waals surface area contributed by atoms with Crippen molar-refractivity contribution in [3.05, 3.63) is 95.4 Å². The predicted octanol–water partition coefficient (Wildman–Crippen LogP) is 3.93. The highest BCUT2D eigenvalue weighted by Crippen LogP contribution is 2.26. The quantitative estimate of drug-likeness (QED) is 0.406. The van der Waals surface area contributed by atoms with Gasteiger partial charge in [0.1, 0.15) is 0 Å². The number of carbonyl (C=O) groups excluding carboxylic acids is 1. The van der Waals surface area contributed by atoms with Gasteiger partial charge in [0.2, 0.25) is 5.91 Å². The van der Waals surface area contributed by atoms with Crippen LogP contribution in [-0.4, -0.2) is 77.7 Å². The molecule has 3 heterocycles. The van der Waals surface area contributed by atoms with Crippen LogP contribution in [0.2, 0.25) is 0 Å². The number of amides is 1. The summed E-state index contributed by atoms with van der Waals surface area (Å²) in [6, 6.07) is 18.7. The summed E-state index contributed by atoms with van der Waals surface area (Å²) in [6.07, 6.45) is 6.42. The number of likely N-dealkylation sites (tertiary alicyclic amines) is 1. The van der Waals surface area contributed by atoms with Crippen molar-refractivity contribution in [3.8, 4) is 0 Å². The summed E-state index contributed by atoms with van der Waals surface area (Å²) < 4.78 is 7.72. The number of rotatable bonds is 10. The molecule has 8 heteroatoms. The molecule has 1 aromatic heterocycles. The second-order valence-corrected chi connectivity index (χ2v) is 10.5. The van der Waals surface area contributed by atoms with Crippen LogP contribution in [0.1, 0.15) is 35.7 Å². The molecule has 1 N–H and O–H groups in total. The topological polar surface area (TPSA) is 67.0 Å². The summed E-state index contributed by atoms with van der Waals surface area (Å²) in [7, 11) is 0. The number of nitrogens with zero attached hydrogens (tertiary/aromatic N) is 5. The van der Waals surface area contributed by atoms with E-state index in [0.29, 0.717) is 24.8 Å². The third-order valence-electron chi connectivity index (χ3n) is 7.88. The first kappa shape index (κ1) is 27.1. The van der Waals surface area contributed by atoms with Gasteiger partial charge in [0.15, 0.2) is 5.69 Å². The SMILES string of the molecule is [C-]#[N+]c1ccc(Cn2cncc2CCNC(=O)[C@H]2CCCN(CC(c3ccccc3)N3CCOCC3)C2)cc1. The van der Waals surface area contributed by atoms with Crippen LogP contribution in [0.15, 0.2) is 67.1 Å². The molecule has 2 atom stereocenters. The van der Waals surface area contributed by atoms with Crippen LogP contribution in [-0.2, 0) is 22.5 Å². The number of carbonyl (C=O) groups is 1. The van der Waals surface area contributed by atoms with Gasteiger partial charge in [-0.15, -0.1) is 0 Å². The van der Waals surface area contributed by atoms with Gasteiger partial charge in [0.25, 0.3) is 0 Å². The van der Waals surface area contributed by atoms with E-state index in [0.717, 1.165) is 76.5 Å². The number of imidazole rings is 1. The van der Waals surface area contributed by atoms with E-state index in [9.17, 15) is 4.79 Å². The maximum absolute atomic E-state index is 13.2. The second kappa shape index (κ2) is 13.5. The highest BCUT2D eigenvalue weighted by molar-refractivity contribution is 5.79. The van der Waals surface area contributed by atoms with Crippen LogP contribution in [0, 0.1) is 12.5 Å². The Morgan fingerprint density at radius 1 is 1.10 bits per heavy atom. The van der Waals surface area contributed by atoms with Crippen LogP contribution >= 0.6 is 0 Å². The highest BCUT2D eigenvalue weighted by Gasteiger charge is 2.30. The van der Waals surface area contributed by atoms with Gasteiger partial charge in [-0.2, -0.15) is 0 Å². The fraction of sp³-hybridized carbons (Fsp3) is 0.452. The van der Waals surface area contributed by atoms with Gasteiger partial charge in [0.05, 0.1) is 32.0 Å². The normalized spacial score (nSPS) is 19.3. The van der Waals surface area contributed by atoms with Crippen LogP contribution in [0.5, 0.6) is 0 Å². The largest absolute Gasteiger partial charge is 0.379 e. The molecular formula is C31H38N6O2. The van der Waals surface area contributed by atoms with Crippen molar-refractivity contribution in [2.75, 3.05) is 52.5 Å². The molecule has 0 spiro atoms. The summed E-state index contributed by atoms with van der Waals surface area (Å²) in [4.78, 5) is 25.9. The van der Waals surface area contributed by atoms with Gasteiger partial charge in [-0.25, -0.2) is 9.83 Å². The number of nitrogens with one attached hydrogen (secondary N) is 1. The van der Waals surface area contributed by atoms with E-state index in [1.807, 2.05) is 36.8 Å². The van der Waals surface area contributed by atoms with Crippen molar-refractivity contribution in [2.45, 2.75) is 31.8 Å². The number of hydrogen-bond donors (Lipinski definition) is 1. The zero-order chi connectivity index (χ0) is 26.9. The Balaban J connectivity index is 1.13. The predicted molar refractivity (Wildman–Crippen MR) is 151 cm³/mol. The Kier molecular flexibility index (Phi) is 9.38. The van der Waals surface area contributed by atoms with Gasteiger partial charge in [0, 0.05) is 63.6 Å². The fourth-order valence-electron chi connectivity index (χ4n) is 5.71. The van der Waals surface area contributed by atoms with Crippen LogP contribution in [0.3, 0.4) is 0 Å². The van der Waals surface area contributed by atoms with Crippen molar-refractivity contribution in [1.29, 1.82) is 0 Å². The standard InChI is InChI=1S/C31H38N6O2/c1-32-28-11-9-25(10-12-28)21-37-24-33-20-29(37)13-14-34-31(38)27-8-5-15-35(22-27)23-30(26-6-3-2-4-7-26)36-16-18-39-19-17-36/h2-4,6-7,9-12,20,24,27,30H,5,8,13-19,21-23H2,(H,34,38)/t27-,30?/m0/s1. The molecule has 0 radical (unpaired) electrons. The molecule has 0 saturated carbocycles. The zero-order valence-electron chi connectivity index (χ0n) is 22.5. The highest BCUT2D eigenvalue weighted by atomic mass is 16.5. The fourth-order valence-corrected chi connectivity index (χ4v) is 5.71. The monoisotopic (exact) mass is 526 g/mol. The molecule has 8 nitrogen and oxygen atoms in total. The third kappa shape index (κ3) is 7.33. The van der Waals surface area contributed by atoms with E-state index in [4.69, 9.17) is 11.3 Å². The number of morpholine rings is 1. The second-order valence-electron chi connectivity index (χ2n) is 10.5. The zero-order valence-corrected chi connectivity index (χ0v) is 22.5. The van der Waals surface area contributed by atoms with E-state index in [1.165, 1.54) is 5.56 Å². The first-order valence-corrected chi connectivity index (χ1v) is 14.0. The van der Waals surface area contributed by atoms with E-state index >= 15 is 0 Å². The molecule has 1 unspecified atom stereocenters. The molecule has 2 aromatic carbocycles. The average Bonchev–Trinajstić information content (AvgIpc) is 3.44. The minimum atomic E-state index is 0.0192. The molecule has 2 fully saturated rings. The summed E-state index contributed by atoms with van der Waals surface area (Å²) in [5.41, 5.74) is 4.19. The van der Waals surface area contributed by atoms with Gasteiger partial charge in [-0.05, 0) is 30.5 Å². The maximum atomic E-state index is 13.2. The van der Waals surface area contributed by atoms with Crippen LogP contribution < -0.4 is 5.32 Å². The molecule has 2 aliphatic rings. The Bertz CT molecular complexity index is 1230. The maximum Gasteiger partial charge on any atom is 0.224 e. The van der Waals surface area contributed by atoms with Crippen molar-refractivity contribution in [2.24, 2.45) is 5.92 Å². The smallest absolute Gasteiger partial charge is 0.224 e. The number of benzene rings is 2. The lowest BCUT2D eigenvalue weighted by Crippen LogP contribution is -2.48. The first-order chi connectivity index (χ1) is 19.2. The molecule has 204 valence electrons. The molecule has 0 aliphatic carbocycles. The molecular weight excluding hydrogens is 488 g/mol. The number of ether oxygens (including phenoxy) is 1. The van der Waals surface area contributed by atoms with Crippen molar-refractivity contribution in [3.63, 3.8) is 0 Å². The Hall–Kier alpha value is -3.51. The van der Waals surface area contributed by atoms with E-state index in [2.05, 4.69) is 59.8 Å². The molecule has 2 saturated heterocycles. The molecule has 2 aliphatic heterocycles. The summed E-state index contributed by atoms with van der Waals surface area (Å²) in [6.45, 7) is 14.6. The molecule has 1 amide bonds. The first-order valence-electron chi connectivity index (χ1n) is 14.0. The Morgan fingerprint density at radius 3 is 2.67 bits per heavy atom. The lowest BCUT2D eigenvalue weighted by Gasteiger charge is -2.40. The van der Waals surface area contributed by atoms with Gasteiger partial charge < -0.3 is 19.5 Å². The minimum absolute atomic E-state index is 0.0192. The Morgan fingerprint density at radius 2 is 1.90 bits per heavy atom. The van der Waals surface area contributed by atoms with Crippen molar-refractivity contribution >= 4 is 11.6 Å². The number of hydrogen-bond acceptors (Lipinski definition) is 5. The summed E-state index contributed by atoms with van der Waals surface area (Å²) in [5, 5.41) is 3.20. The van der Waals surface area contributed by atoms with Gasteiger partial charge >= 0.3 is 0 Å². The summed E-state index contributed by atoms with van der Waals surface area (Å²) in [5.74, 6) is 0.175. The molecule has 5 rings (SSSR count). The lowest BCUT2D eigenvalue weighted by molar-refractivity contribution is -0.126. The molecule has 0 bridgehead atoms. The third-order valence-corrected chi connectivity index (χ3v) is 7.88. The van der Waals surface area contributed by atoms with Crippen molar-refractivity contribution in [1.82, 2.24) is 24.7 Å². The Labute approximate surface area is 231 Å². The van der Waals surface area contributed by atoms with Crippen LogP contribution in [0.25, 0.3) is 4.85 Å². The molecule has 3 aromatic rings. The minimum Gasteiger partial charge on any atom is -0.379 e. The van der Waals surface area contributed by atoms with Gasteiger partial charge in [-0.3, -0.25) is 9.69 Å².